The number of hydrogen-bond acceptors (Lipinski definition) is 4. The number of rotatable bonds is 10. The van der Waals surface area contributed by atoms with Crippen LogP contribution in [0.15, 0.2) is 84.4 Å². The van der Waals surface area contributed by atoms with Crippen LogP contribution in [-0.2, 0) is 0 Å². The molecular formula is C66H84N4. The van der Waals surface area contributed by atoms with Gasteiger partial charge in [-0.25, -0.2) is 0 Å². The maximum Gasteiger partial charge on any atom is 0.166 e. The Morgan fingerprint density at radius 1 is 0.229 bits per heavy atom. The number of benzene rings is 6. The van der Waals surface area contributed by atoms with Crippen LogP contribution in [-0.4, -0.2) is 0 Å². The molecule has 0 atom stereocenters. The summed E-state index contributed by atoms with van der Waals surface area (Å²) in [4.78, 5) is 10.6. The molecule has 0 N–H and O–H groups in total. The van der Waals surface area contributed by atoms with Gasteiger partial charge in [-0.1, -0.05) is 83.1 Å². The molecule has 2 aliphatic heterocycles. The number of hydrogen-bond donors (Lipinski definition) is 0. The molecule has 70 heavy (non-hydrogen) atoms. The highest BCUT2D eigenvalue weighted by Gasteiger charge is 2.46. The van der Waals surface area contributed by atoms with Crippen LogP contribution in [0.3, 0.4) is 0 Å². The van der Waals surface area contributed by atoms with Crippen molar-refractivity contribution in [2.45, 2.75) is 188 Å². The van der Waals surface area contributed by atoms with E-state index in [9.17, 15) is 0 Å². The second-order valence-electron chi connectivity index (χ2n) is 23.2. The van der Waals surface area contributed by atoms with Gasteiger partial charge in [0.1, 0.15) is 0 Å². The molecule has 8 rings (SSSR count). The lowest BCUT2D eigenvalue weighted by Crippen LogP contribution is -2.34. The number of fused-ring (bicyclic) bond motifs is 2. The molecule has 4 nitrogen and oxygen atoms in total. The van der Waals surface area contributed by atoms with E-state index in [-0.39, 0.29) is 0 Å². The van der Waals surface area contributed by atoms with Crippen LogP contribution in [0.4, 0.5) is 45.5 Å². The van der Waals surface area contributed by atoms with Gasteiger partial charge in [-0.2, -0.15) is 0 Å². The van der Waals surface area contributed by atoms with E-state index >= 15 is 0 Å². The first-order valence-electron chi connectivity index (χ1n) is 26.5. The largest absolute Gasteiger partial charge is 0.291 e. The van der Waals surface area contributed by atoms with Gasteiger partial charge >= 0.3 is 0 Å². The second-order valence-corrected chi connectivity index (χ2v) is 23.2. The molecule has 0 unspecified atom stereocenters. The summed E-state index contributed by atoms with van der Waals surface area (Å²) in [6, 6.07) is 29.9. The molecule has 0 fully saturated rings. The third-order valence-corrected chi connectivity index (χ3v) is 16.3. The number of nitrogens with zero attached hydrogens (tertiary/aromatic N) is 4. The molecule has 6 aromatic rings. The number of anilines is 8. The average molecular weight is 933 g/mol. The Hall–Kier alpha value is -5.74. The van der Waals surface area contributed by atoms with Gasteiger partial charge in [0, 0.05) is 22.7 Å². The third-order valence-electron chi connectivity index (χ3n) is 16.3. The second kappa shape index (κ2) is 18.8. The van der Waals surface area contributed by atoms with E-state index in [1.807, 2.05) is 0 Å². The minimum atomic E-state index is 0.343. The Morgan fingerprint density at radius 3 is 0.614 bits per heavy atom. The van der Waals surface area contributed by atoms with Gasteiger partial charge in [0.25, 0.3) is 0 Å². The lowest BCUT2D eigenvalue weighted by Gasteiger charge is -2.36. The van der Waals surface area contributed by atoms with E-state index in [0.717, 1.165) is 11.6 Å². The molecular weight excluding hydrogens is 849 g/mol. The van der Waals surface area contributed by atoms with E-state index < -0.39 is 0 Å². The minimum absolute atomic E-state index is 0.343. The monoisotopic (exact) mass is 933 g/mol. The molecule has 0 saturated heterocycles. The van der Waals surface area contributed by atoms with Crippen LogP contribution < -0.4 is 19.6 Å². The van der Waals surface area contributed by atoms with Crippen LogP contribution in [0, 0.1) is 69.2 Å². The van der Waals surface area contributed by atoms with Crippen LogP contribution in [0.25, 0.3) is 0 Å². The fraction of sp³-hybridized carbons (Fsp3) is 0.424. The summed E-state index contributed by atoms with van der Waals surface area (Å²) in [5, 5.41) is 0. The molecule has 0 bridgehead atoms. The summed E-state index contributed by atoms with van der Waals surface area (Å²) in [5.41, 5.74) is 31.2. The average Bonchev–Trinajstić information content (AvgIpc) is 3.76. The van der Waals surface area contributed by atoms with E-state index in [0.29, 0.717) is 35.5 Å². The Bertz CT molecular complexity index is 2810. The standard InChI is InChI=1S/C66H84N4/c1-35(2)55-29-51(23-45(17)47(55)19)67-61-25-41(13)43(15)27-63(61)69(53-31-57(37(5)6)49(21)58(32-53)38(7)8)65(67)66-68(52-24-46(18)48(20)56(30-52)36(3)4)62-26-42(14)44(16)28-64(62)70(66)54-33-59(39(9)10)50(22)60(34-54)40(11)12/h23-40H,1-22H3/b66-65-. The molecule has 0 aliphatic carbocycles. The summed E-state index contributed by atoms with van der Waals surface area (Å²) < 4.78 is 0. The Balaban J connectivity index is 1.69. The van der Waals surface area contributed by atoms with Crippen LogP contribution in [0.2, 0.25) is 0 Å². The summed E-state index contributed by atoms with van der Waals surface area (Å²) >= 11 is 0. The van der Waals surface area contributed by atoms with E-state index in [4.69, 9.17) is 0 Å². The van der Waals surface area contributed by atoms with Gasteiger partial charge in [0.05, 0.1) is 22.7 Å². The molecule has 368 valence electrons. The van der Waals surface area contributed by atoms with E-state index in [1.165, 1.54) is 135 Å². The van der Waals surface area contributed by atoms with E-state index in [2.05, 4.69) is 245 Å². The smallest absolute Gasteiger partial charge is 0.166 e. The molecule has 4 heteroatoms. The number of aryl methyl sites for hydroxylation is 6. The summed E-state index contributed by atoms with van der Waals surface area (Å²) in [7, 11) is 0. The van der Waals surface area contributed by atoms with Crippen molar-refractivity contribution in [3.63, 3.8) is 0 Å². The van der Waals surface area contributed by atoms with E-state index in [1.54, 1.807) is 0 Å². The first kappa shape index (κ1) is 50.6. The molecule has 0 spiro atoms. The van der Waals surface area contributed by atoms with Gasteiger partial charge in [-0.3, -0.25) is 19.6 Å². The molecule has 2 heterocycles. The minimum Gasteiger partial charge on any atom is -0.291 e. The predicted octanol–water partition coefficient (Wildman–Crippen LogP) is 19.9. The molecule has 0 radical (unpaired) electrons. The summed E-state index contributed by atoms with van der Waals surface area (Å²) in [5.74, 6) is 4.32. The van der Waals surface area contributed by atoms with Gasteiger partial charge in [0.2, 0.25) is 0 Å². The van der Waals surface area contributed by atoms with Crippen LogP contribution in [0.1, 0.15) is 208 Å². The lowest BCUT2D eigenvalue weighted by molar-refractivity contribution is 0.815. The van der Waals surface area contributed by atoms with Crippen molar-refractivity contribution >= 4 is 45.5 Å². The molecule has 6 aromatic carbocycles. The predicted molar refractivity (Wildman–Crippen MR) is 306 cm³/mol. The zero-order chi connectivity index (χ0) is 51.3. The van der Waals surface area contributed by atoms with Gasteiger partial charge in [-0.05, 0) is 267 Å². The Labute approximate surface area is 424 Å². The van der Waals surface area contributed by atoms with Crippen LogP contribution >= 0.6 is 0 Å². The van der Waals surface area contributed by atoms with Crippen molar-refractivity contribution in [3.05, 3.63) is 173 Å². The zero-order valence-electron chi connectivity index (χ0n) is 47.2. The molecule has 2 aliphatic rings. The Morgan fingerprint density at radius 2 is 0.414 bits per heavy atom. The molecule has 0 amide bonds. The molecule has 0 saturated carbocycles. The highest BCUT2D eigenvalue weighted by molar-refractivity contribution is 6.01. The maximum atomic E-state index is 2.66. The van der Waals surface area contributed by atoms with Crippen molar-refractivity contribution in [3.8, 4) is 0 Å². The first-order chi connectivity index (χ1) is 32.8. The van der Waals surface area contributed by atoms with Crippen molar-refractivity contribution in [1.82, 2.24) is 0 Å². The lowest BCUT2D eigenvalue weighted by atomic mass is 9.88. The SMILES string of the molecule is Cc1cc2c(cc1C)N(c1cc(C(C)C)c(C)c(C(C)C)c1)/C(=C1/N(c3cc(C)c(C)c(C(C)C)c3)c3cc(C)c(C)cc3N1c1cc(C(C)C)c(C)c(C(C)C)c1)N2c1cc(C)c(C)c(C(C)C)c1. The fourth-order valence-electron chi connectivity index (χ4n) is 11.7. The van der Waals surface area contributed by atoms with Crippen LogP contribution in [0.5, 0.6) is 0 Å². The fourth-order valence-corrected chi connectivity index (χ4v) is 11.7. The normalized spacial score (nSPS) is 14.9. The van der Waals surface area contributed by atoms with Gasteiger partial charge < -0.3 is 0 Å². The Kier molecular flexibility index (Phi) is 13.6. The highest BCUT2D eigenvalue weighted by Crippen LogP contribution is 2.59. The maximum absolute atomic E-state index is 2.66. The quantitative estimate of drug-likeness (QED) is 0.136. The highest BCUT2D eigenvalue weighted by atomic mass is 15.5. The van der Waals surface area contributed by atoms with Crippen molar-refractivity contribution in [1.29, 1.82) is 0 Å². The zero-order valence-corrected chi connectivity index (χ0v) is 47.2. The van der Waals surface area contributed by atoms with Crippen molar-refractivity contribution in [2.24, 2.45) is 0 Å². The molecule has 0 aromatic heterocycles. The van der Waals surface area contributed by atoms with Crippen molar-refractivity contribution in [2.75, 3.05) is 19.6 Å². The first-order valence-corrected chi connectivity index (χ1v) is 26.5. The summed E-state index contributed by atoms with van der Waals surface area (Å²) in [6.45, 7) is 51.3. The third kappa shape index (κ3) is 8.45. The summed E-state index contributed by atoms with van der Waals surface area (Å²) in [6.07, 6.45) is 0. The van der Waals surface area contributed by atoms with Gasteiger partial charge in [0.15, 0.2) is 11.6 Å². The van der Waals surface area contributed by atoms with Crippen molar-refractivity contribution < 1.29 is 0 Å². The topological polar surface area (TPSA) is 13.0 Å². The van der Waals surface area contributed by atoms with Gasteiger partial charge in [-0.15, -0.1) is 0 Å².